The molecular formula is C18H22O4. The van der Waals surface area contributed by atoms with E-state index in [9.17, 15) is 15.0 Å². The number of esters is 1. The number of aliphatic hydroxyl groups is 1. The number of phenolic OH excluding ortho intramolecular Hbond substituents is 1. The summed E-state index contributed by atoms with van der Waals surface area (Å²) in [7, 11) is 0. The Bertz CT molecular complexity index is 587. The fourth-order valence-electron chi connectivity index (χ4n) is 3.85. The van der Waals surface area contributed by atoms with Gasteiger partial charge in [0.05, 0.1) is 6.08 Å². The van der Waals surface area contributed by atoms with Gasteiger partial charge in [0.1, 0.15) is 17.1 Å². The zero-order chi connectivity index (χ0) is 15.6. The summed E-state index contributed by atoms with van der Waals surface area (Å²) in [5, 5.41) is 19.5. The molecule has 4 nitrogen and oxygen atoms in total. The summed E-state index contributed by atoms with van der Waals surface area (Å²) in [5.74, 6) is 0.242. The minimum atomic E-state index is -0.599. The molecule has 1 aliphatic heterocycles. The molecule has 22 heavy (non-hydrogen) atoms. The fraction of sp³-hybridized carbons (Fsp3) is 0.500. The van der Waals surface area contributed by atoms with Gasteiger partial charge in [-0.2, -0.15) is 0 Å². The first-order chi connectivity index (χ1) is 10.6. The topological polar surface area (TPSA) is 66.8 Å². The Morgan fingerprint density at radius 2 is 2.00 bits per heavy atom. The number of aryl methyl sites for hydroxylation is 1. The zero-order valence-electron chi connectivity index (χ0n) is 12.6. The average Bonchev–Trinajstić information content (AvgIpc) is 2.99. The molecule has 1 heterocycles. The molecule has 3 rings (SSSR count). The van der Waals surface area contributed by atoms with Crippen LogP contribution in [0.2, 0.25) is 0 Å². The van der Waals surface area contributed by atoms with Crippen molar-refractivity contribution in [3.05, 3.63) is 41.7 Å². The van der Waals surface area contributed by atoms with Gasteiger partial charge < -0.3 is 14.9 Å². The fourth-order valence-corrected chi connectivity index (χ4v) is 3.85. The number of benzene rings is 1. The molecule has 4 heteroatoms. The van der Waals surface area contributed by atoms with Crippen molar-refractivity contribution in [2.24, 2.45) is 5.92 Å². The highest BCUT2D eigenvalue weighted by Crippen LogP contribution is 2.44. The van der Waals surface area contributed by atoms with Crippen molar-refractivity contribution < 1.29 is 19.7 Å². The monoisotopic (exact) mass is 302 g/mol. The van der Waals surface area contributed by atoms with E-state index in [2.05, 4.69) is 0 Å². The Hall–Kier alpha value is -1.97. The van der Waals surface area contributed by atoms with Crippen LogP contribution in [0, 0.1) is 5.92 Å². The number of aromatic hydroxyl groups is 1. The Kier molecular flexibility index (Phi) is 4.10. The van der Waals surface area contributed by atoms with Crippen LogP contribution in [0.3, 0.4) is 0 Å². The van der Waals surface area contributed by atoms with E-state index in [1.807, 2.05) is 12.1 Å². The lowest BCUT2D eigenvalue weighted by Crippen LogP contribution is -2.44. The van der Waals surface area contributed by atoms with Crippen molar-refractivity contribution in [2.45, 2.75) is 50.5 Å². The van der Waals surface area contributed by atoms with Crippen LogP contribution in [0.1, 0.15) is 44.1 Å². The Balaban J connectivity index is 1.80. The van der Waals surface area contributed by atoms with Crippen molar-refractivity contribution in [1.29, 1.82) is 0 Å². The molecule has 1 atom stereocenters. The minimum absolute atomic E-state index is 0.124. The number of ether oxygens (including phenoxy) is 1. The summed E-state index contributed by atoms with van der Waals surface area (Å²) >= 11 is 0. The zero-order valence-corrected chi connectivity index (χ0v) is 12.6. The van der Waals surface area contributed by atoms with Crippen LogP contribution in [0.25, 0.3) is 0 Å². The van der Waals surface area contributed by atoms with Crippen LogP contribution < -0.4 is 0 Å². The minimum Gasteiger partial charge on any atom is -0.512 e. The summed E-state index contributed by atoms with van der Waals surface area (Å²) in [5.41, 5.74) is 0.417. The lowest BCUT2D eigenvalue weighted by atomic mass is 9.77. The predicted molar refractivity (Wildman–Crippen MR) is 82.5 cm³/mol. The van der Waals surface area contributed by atoms with Gasteiger partial charge in [-0.25, -0.2) is 4.79 Å². The summed E-state index contributed by atoms with van der Waals surface area (Å²) < 4.78 is 5.74. The van der Waals surface area contributed by atoms with Crippen LogP contribution in [-0.4, -0.2) is 21.8 Å². The Morgan fingerprint density at radius 3 is 2.68 bits per heavy atom. The second-order valence-corrected chi connectivity index (χ2v) is 6.45. The highest BCUT2D eigenvalue weighted by atomic mass is 16.6. The average molecular weight is 302 g/mol. The highest BCUT2D eigenvalue weighted by Gasteiger charge is 2.45. The van der Waals surface area contributed by atoms with Crippen LogP contribution in [0.15, 0.2) is 36.1 Å². The van der Waals surface area contributed by atoms with Gasteiger partial charge in [-0.15, -0.1) is 0 Å². The Morgan fingerprint density at radius 1 is 1.23 bits per heavy atom. The summed E-state index contributed by atoms with van der Waals surface area (Å²) in [6.45, 7) is 0. The molecule has 1 fully saturated rings. The quantitative estimate of drug-likeness (QED) is 0.833. The van der Waals surface area contributed by atoms with Crippen LogP contribution in [-0.2, 0) is 16.0 Å². The first-order valence-electron chi connectivity index (χ1n) is 7.98. The third kappa shape index (κ3) is 3.11. The van der Waals surface area contributed by atoms with Crippen molar-refractivity contribution in [3.63, 3.8) is 0 Å². The molecule has 1 unspecified atom stereocenters. The number of phenols is 1. The first kappa shape index (κ1) is 14.9. The molecule has 0 bridgehead atoms. The van der Waals surface area contributed by atoms with E-state index in [1.165, 1.54) is 6.08 Å². The molecule has 0 aromatic heterocycles. The molecule has 2 N–H and O–H groups in total. The van der Waals surface area contributed by atoms with Gasteiger partial charge in [-0.3, -0.25) is 0 Å². The van der Waals surface area contributed by atoms with Gasteiger partial charge >= 0.3 is 5.97 Å². The van der Waals surface area contributed by atoms with Gasteiger partial charge in [-0.1, -0.05) is 25.0 Å². The maximum atomic E-state index is 11.8. The maximum Gasteiger partial charge on any atom is 0.334 e. The van der Waals surface area contributed by atoms with Crippen molar-refractivity contribution >= 4 is 5.97 Å². The molecule has 0 saturated heterocycles. The van der Waals surface area contributed by atoms with Gasteiger partial charge in [0.25, 0.3) is 0 Å². The molecule has 0 radical (unpaired) electrons. The molecule has 0 amide bonds. The third-order valence-corrected chi connectivity index (χ3v) is 4.92. The molecule has 1 aromatic carbocycles. The Labute approximate surface area is 130 Å². The van der Waals surface area contributed by atoms with Crippen molar-refractivity contribution in [2.75, 3.05) is 0 Å². The van der Waals surface area contributed by atoms with E-state index < -0.39 is 11.6 Å². The highest BCUT2D eigenvalue weighted by molar-refractivity contribution is 5.83. The van der Waals surface area contributed by atoms with E-state index in [4.69, 9.17) is 4.74 Å². The van der Waals surface area contributed by atoms with E-state index in [0.717, 1.165) is 31.2 Å². The van der Waals surface area contributed by atoms with Gasteiger partial charge in [-0.05, 0) is 49.3 Å². The van der Waals surface area contributed by atoms with Crippen LogP contribution in [0.4, 0.5) is 0 Å². The lowest BCUT2D eigenvalue weighted by molar-refractivity contribution is -0.165. The van der Waals surface area contributed by atoms with Crippen LogP contribution in [0.5, 0.6) is 5.75 Å². The van der Waals surface area contributed by atoms with Crippen LogP contribution >= 0.6 is 0 Å². The molecule has 2 aliphatic rings. The first-order valence-corrected chi connectivity index (χ1v) is 7.98. The number of carbonyl (C=O) groups is 1. The molecule has 1 aromatic rings. The van der Waals surface area contributed by atoms with Crippen molar-refractivity contribution in [3.8, 4) is 5.75 Å². The van der Waals surface area contributed by atoms with Crippen molar-refractivity contribution in [1.82, 2.24) is 0 Å². The maximum absolute atomic E-state index is 11.8. The second kappa shape index (κ2) is 6.03. The van der Waals surface area contributed by atoms with E-state index in [1.54, 1.807) is 12.1 Å². The van der Waals surface area contributed by atoms with E-state index in [-0.39, 0.29) is 11.5 Å². The summed E-state index contributed by atoms with van der Waals surface area (Å²) in [6, 6.07) is 7.16. The molecule has 118 valence electrons. The number of aliphatic hydroxyl groups excluding tert-OH is 1. The normalized spacial score (nSPS) is 25.8. The van der Waals surface area contributed by atoms with E-state index >= 15 is 0 Å². The molecule has 0 spiro atoms. The summed E-state index contributed by atoms with van der Waals surface area (Å²) in [4.78, 5) is 11.8. The summed E-state index contributed by atoms with van der Waals surface area (Å²) in [6.07, 6.45) is 7.36. The lowest BCUT2D eigenvalue weighted by Gasteiger charge is -2.40. The van der Waals surface area contributed by atoms with Gasteiger partial charge in [0, 0.05) is 6.42 Å². The number of carbonyl (C=O) groups excluding carboxylic acids is 1. The number of hydrogen-bond donors (Lipinski definition) is 2. The number of rotatable bonds is 4. The van der Waals surface area contributed by atoms with Gasteiger partial charge in [0.2, 0.25) is 0 Å². The third-order valence-electron chi connectivity index (χ3n) is 4.92. The molecular weight excluding hydrogens is 280 g/mol. The SMILES string of the molecule is O=C1C=C(O)CC(CCc2cccc(O)c2)(C2CCCC2)O1. The second-order valence-electron chi connectivity index (χ2n) is 6.45. The standard InChI is InChI=1S/C18H22O4/c19-15-7-3-4-13(10-15)8-9-18(14-5-1-2-6-14)12-16(20)11-17(21)22-18/h3-4,7,10-11,14,19-20H,1-2,5-6,8-9,12H2. The largest absolute Gasteiger partial charge is 0.512 e. The molecule has 1 saturated carbocycles. The number of cyclic esters (lactones) is 1. The van der Waals surface area contributed by atoms with E-state index in [0.29, 0.717) is 25.2 Å². The smallest absolute Gasteiger partial charge is 0.334 e. The predicted octanol–water partition coefficient (Wildman–Crippen LogP) is 3.64. The van der Waals surface area contributed by atoms with Gasteiger partial charge in [0.15, 0.2) is 0 Å². The number of hydrogen-bond acceptors (Lipinski definition) is 4. The molecule has 1 aliphatic carbocycles.